The number of nitrogens with two attached hydrogens (primary N) is 1. The molecule has 134 valence electrons. The number of anilines is 1. The highest BCUT2D eigenvalue weighted by Crippen LogP contribution is 2.12. The van der Waals surface area contributed by atoms with E-state index < -0.39 is 0 Å². The lowest BCUT2D eigenvalue weighted by molar-refractivity contribution is 0.0273. The molecule has 2 aromatic rings. The second-order valence-corrected chi connectivity index (χ2v) is 5.18. The van der Waals surface area contributed by atoms with Crippen molar-refractivity contribution in [3.63, 3.8) is 0 Å². The second kappa shape index (κ2) is 11.1. The van der Waals surface area contributed by atoms with E-state index in [-0.39, 0.29) is 0 Å². The maximum absolute atomic E-state index is 10.5. The molecular formula is C19H23NO5. The lowest BCUT2D eigenvalue weighted by atomic mass is 10.2. The predicted octanol–water partition coefficient (Wildman–Crippen LogP) is 2.57. The Morgan fingerprint density at radius 1 is 0.680 bits per heavy atom. The molecule has 0 fully saturated rings. The summed E-state index contributed by atoms with van der Waals surface area (Å²) in [7, 11) is 0. The smallest absolute Gasteiger partial charge is 0.150 e. The van der Waals surface area contributed by atoms with Crippen LogP contribution in [0.2, 0.25) is 0 Å². The highest BCUT2D eigenvalue weighted by atomic mass is 16.6. The zero-order valence-electron chi connectivity index (χ0n) is 14.1. The van der Waals surface area contributed by atoms with Gasteiger partial charge in [-0.25, -0.2) is 0 Å². The molecule has 0 unspecified atom stereocenters. The Balaban J connectivity index is 1.41. The summed E-state index contributed by atoms with van der Waals surface area (Å²) in [5.41, 5.74) is 6.94. The van der Waals surface area contributed by atoms with E-state index in [1.807, 2.05) is 12.1 Å². The molecular weight excluding hydrogens is 322 g/mol. The Hall–Kier alpha value is -2.57. The van der Waals surface area contributed by atoms with Crippen LogP contribution in [-0.2, 0) is 9.47 Å². The molecule has 25 heavy (non-hydrogen) atoms. The minimum absolute atomic E-state index is 0.445. The van der Waals surface area contributed by atoms with E-state index in [2.05, 4.69) is 0 Å². The molecule has 0 radical (unpaired) electrons. The maximum atomic E-state index is 10.5. The molecule has 6 heteroatoms. The summed E-state index contributed by atoms with van der Waals surface area (Å²) >= 11 is 0. The van der Waals surface area contributed by atoms with Crippen LogP contribution in [0.1, 0.15) is 10.4 Å². The van der Waals surface area contributed by atoms with E-state index >= 15 is 0 Å². The molecule has 0 aliphatic heterocycles. The van der Waals surface area contributed by atoms with Gasteiger partial charge in [-0.05, 0) is 48.5 Å². The van der Waals surface area contributed by atoms with E-state index in [0.29, 0.717) is 56.6 Å². The molecule has 0 saturated heterocycles. The summed E-state index contributed by atoms with van der Waals surface area (Å²) in [4.78, 5) is 10.5. The third kappa shape index (κ3) is 7.69. The number of aldehydes is 1. The minimum atomic E-state index is 0.445. The monoisotopic (exact) mass is 345 g/mol. The summed E-state index contributed by atoms with van der Waals surface area (Å²) in [5.74, 6) is 1.48. The van der Waals surface area contributed by atoms with E-state index in [4.69, 9.17) is 24.7 Å². The fourth-order valence-corrected chi connectivity index (χ4v) is 1.97. The van der Waals surface area contributed by atoms with Gasteiger partial charge in [0.05, 0.1) is 26.4 Å². The molecule has 0 atom stereocenters. The van der Waals surface area contributed by atoms with Crippen molar-refractivity contribution in [2.75, 3.05) is 45.4 Å². The Morgan fingerprint density at radius 3 is 1.60 bits per heavy atom. The lowest BCUT2D eigenvalue weighted by Crippen LogP contribution is -2.13. The van der Waals surface area contributed by atoms with Crippen LogP contribution in [0, 0.1) is 0 Å². The molecule has 2 N–H and O–H groups in total. The topological polar surface area (TPSA) is 80.0 Å². The van der Waals surface area contributed by atoms with Gasteiger partial charge in [0.1, 0.15) is 31.0 Å². The third-order valence-corrected chi connectivity index (χ3v) is 3.26. The van der Waals surface area contributed by atoms with Crippen molar-refractivity contribution in [3.05, 3.63) is 54.1 Å². The SMILES string of the molecule is Nc1ccc(OCCOCCOCCOc2ccc(C=O)cc2)cc1. The number of carbonyl (C=O) groups excluding carboxylic acids is 1. The van der Waals surface area contributed by atoms with Crippen molar-refractivity contribution in [3.8, 4) is 11.5 Å². The van der Waals surface area contributed by atoms with Gasteiger partial charge in [-0.2, -0.15) is 0 Å². The van der Waals surface area contributed by atoms with Gasteiger partial charge in [0, 0.05) is 11.3 Å². The number of rotatable bonds is 12. The summed E-state index contributed by atoms with van der Waals surface area (Å²) in [6.45, 7) is 2.88. The van der Waals surface area contributed by atoms with Crippen molar-refractivity contribution in [2.45, 2.75) is 0 Å². The van der Waals surface area contributed by atoms with Gasteiger partial charge >= 0.3 is 0 Å². The van der Waals surface area contributed by atoms with Crippen LogP contribution in [0.25, 0.3) is 0 Å². The van der Waals surface area contributed by atoms with Gasteiger partial charge in [-0.15, -0.1) is 0 Å². The van der Waals surface area contributed by atoms with Crippen LogP contribution in [-0.4, -0.2) is 45.9 Å². The standard InChI is InChI=1S/C19H23NO5/c20-17-3-7-19(8-4-17)25-14-12-23-10-9-22-11-13-24-18-5-1-16(15-21)2-6-18/h1-8,15H,9-14,20H2. The van der Waals surface area contributed by atoms with Crippen LogP contribution in [0.15, 0.2) is 48.5 Å². The van der Waals surface area contributed by atoms with Gasteiger partial charge in [0.2, 0.25) is 0 Å². The summed E-state index contributed by atoms with van der Waals surface area (Å²) in [5, 5.41) is 0. The Labute approximate surface area is 147 Å². The van der Waals surface area contributed by atoms with Crippen LogP contribution in [0.3, 0.4) is 0 Å². The van der Waals surface area contributed by atoms with Gasteiger partial charge in [-0.3, -0.25) is 4.79 Å². The molecule has 0 aliphatic carbocycles. The molecule has 0 aliphatic rings. The van der Waals surface area contributed by atoms with Gasteiger partial charge in [0.15, 0.2) is 0 Å². The molecule has 0 spiro atoms. The van der Waals surface area contributed by atoms with Crippen molar-refractivity contribution in [2.24, 2.45) is 0 Å². The third-order valence-electron chi connectivity index (χ3n) is 3.26. The normalized spacial score (nSPS) is 10.4. The quantitative estimate of drug-likeness (QED) is 0.362. The van der Waals surface area contributed by atoms with Crippen LogP contribution in [0.4, 0.5) is 5.69 Å². The van der Waals surface area contributed by atoms with Crippen molar-refractivity contribution >= 4 is 12.0 Å². The molecule has 0 bridgehead atoms. The van der Waals surface area contributed by atoms with Crippen molar-refractivity contribution in [1.29, 1.82) is 0 Å². The maximum Gasteiger partial charge on any atom is 0.150 e. The molecule has 2 rings (SSSR count). The molecule has 0 heterocycles. The number of hydrogen-bond acceptors (Lipinski definition) is 6. The van der Waals surface area contributed by atoms with Crippen LogP contribution >= 0.6 is 0 Å². The first-order chi connectivity index (χ1) is 12.3. The number of nitrogen functional groups attached to an aromatic ring is 1. The largest absolute Gasteiger partial charge is 0.491 e. The average Bonchev–Trinajstić information content (AvgIpc) is 2.65. The van der Waals surface area contributed by atoms with Gasteiger partial charge in [0.25, 0.3) is 0 Å². The fourth-order valence-electron chi connectivity index (χ4n) is 1.97. The van der Waals surface area contributed by atoms with Gasteiger partial charge < -0.3 is 24.7 Å². The molecule has 0 saturated carbocycles. The molecule has 6 nitrogen and oxygen atoms in total. The fraction of sp³-hybridized carbons (Fsp3) is 0.316. The minimum Gasteiger partial charge on any atom is -0.491 e. The highest BCUT2D eigenvalue weighted by molar-refractivity contribution is 5.74. The molecule has 0 amide bonds. The zero-order chi connectivity index (χ0) is 17.7. The molecule has 0 aromatic heterocycles. The van der Waals surface area contributed by atoms with E-state index in [0.717, 1.165) is 12.0 Å². The Kier molecular flexibility index (Phi) is 8.31. The summed E-state index contributed by atoms with van der Waals surface area (Å²) in [6, 6.07) is 14.2. The number of ether oxygens (including phenoxy) is 4. The van der Waals surface area contributed by atoms with E-state index in [1.54, 1.807) is 36.4 Å². The van der Waals surface area contributed by atoms with Gasteiger partial charge in [-0.1, -0.05) is 0 Å². The van der Waals surface area contributed by atoms with Crippen molar-refractivity contribution < 1.29 is 23.7 Å². The second-order valence-electron chi connectivity index (χ2n) is 5.18. The summed E-state index contributed by atoms with van der Waals surface area (Å²) in [6.07, 6.45) is 0.799. The first-order valence-electron chi connectivity index (χ1n) is 8.10. The highest BCUT2D eigenvalue weighted by Gasteiger charge is 1.96. The van der Waals surface area contributed by atoms with Crippen molar-refractivity contribution in [1.82, 2.24) is 0 Å². The average molecular weight is 345 g/mol. The first-order valence-corrected chi connectivity index (χ1v) is 8.10. The lowest BCUT2D eigenvalue weighted by Gasteiger charge is -2.09. The zero-order valence-corrected chi connectivity index (χ0v) is 14.1. The number of benzene rings is 2. The predicted molar refractivity (Wildman–Crippen MR) is 95.3 cm³/mol. The van der Waals surface area contributed by atoms with Crippen LogP contribution in [0.5, 0.6) is 11.5 Å². The molecule has 2 aromatic carbocycles. The van der Waals surface area contributed by atoms with Crippen LogP contribution < -0.4 is 15.2 Å². The number of carbonyl (C=O) groups is 1. The van der Waals surface area contributed by atoms with E-state index in [1.165, 1.54) is 0 Å². The first kappa shape index (κ1) is 18.8. The number of hydrogen-bond donors (Lipinski definition) is 1. The Bertz CT molecular complexity index is 613. The summed E-state index contributed by atoms with van der Waals surface area (Å²) < 4.78 is 21.8. The Morgan fingerprint density at radius 2 is 1.12 bits per heavy atom. The van der Waals surface area contributed by atoms with E-state index in [9.17, 15) is 4.79 Å².